The second-order valence-corrected chi connectivity index (χ2v) is 8.18. The molecule has 1 N–H and O–H groups in total. The van der Waals surface area contributed by atoms with Gasteiger partial charge in [-0.2, -0.15) is 0 Å². The summed E-state index contributed by atoms with van der Waals surface area (Å²) in [6.45, 7) is 5.32. The summed E-state index contributed by atoms with van der Waals surface area (Å²) >= 11 is 0. The van der Waals surface area contributed by atoms with Crippen LogP contribution in [0.25, 0.3) is 0 Å². The maximum absolute atomic E-state index is 13.0. The summed E-state index contributed by atoms with van der Waals surface area (Å²) in [5, 5.41) is 2.94. The molecule has 1 saturated heterocycles. The van der Waals surface area contributed by atoms with Gasteiger partial charge >= 0.3 is 5.97 Å². The van der Waals surface area contributed by atoms with Crippen molar-refractivity contribution in [3.05, 3.63) is 72.1 Å². The van der Waals surface area contributed by atoms with Crippen molar-refractivity contribution in [2.75, 3.05) is 29.9 Å². The van der Waals surface area contributed by atoms with E-state index in [1.165, 1.54) is 0 Å². The summed E-state index contributed by atoms with van der Waals surface area (Å²) in [5.41, 5.74) is 2.11. The van der Waals surface area contributed by atoms with Crippen LogP contribution in [0.3, 0.4) is 0 Å². The lowest BCUT2D eigenvalue weighted by Crippen LogP contribution is -2.41. The molecule has 0 aliphatic carbocycles. The van der Waals surface area contributed by atoms with Crippen molar-refractivity contribution in [3.8, 4) is 11.6 Å². The van der Waals surface area contributed by atoms with Crippen LogP contribution >= 0.6 is 0 Å². The maximum atomic E-state index is 13.0. The number of nitrogens with zero attached hydrogens (tertiary/aromatic N) is 3. The number of aromatic nitrogens is 2. The molecule has 34 heavy (non-hydrogen) atoms. The first-order valence-corrected chi connectivity index (χ1v) is 11.4. The molecule has 1 atom stereocenters. The average molecular weight is 461 g/mol. The van der Waals surface area contributed by atoms with Crippen molar-refractivity contribution in [2.45, 2.75) is 26.7 Å². The highest BCUT2D eigenvalue weighted by atomic mass is 16.5. The number of aryl methyl sites for hydroxylation is 1. The lowest BCUT2D eigenvalue weighted by molar-refractivity contribution is -0.120. The third-order valence-corrected chi connectivity index (χ3v) is 5.62. The molecule has 0 unspecified atom stereocenters. The number of benzene rings is 2. The van der Waals surface area contributed by atoms with E-state index >= 15 is 0 Å². The molecule has 176 valence electrons. The average Bonchev–Trinajstić information content (AvgIpc) is 2.86. The number of amides is 1. The number of piperidine rings is 1. The summed E-state index contributed by atoms with van der Waals surface area (Å²) in [7, 11) is 0. The first-order valence-electron chi connectivity index (χ1n) is 11.4. The molecule has 0 bridgehead atoms. The molecular formula is C26H28N4O4. The van der Waals surface area contributed by atoms with Gasteiger partial charge in [0.1, 0.15) is 5.75 Å². The molecular weight excluding hydrogens is 432 g/mol. The fourth-order valence-electron chi connectivity index (χ4n) is 3.89. The molecule has 1 aromatic heterocycles. The van der Waals surface area contributed by atoms with Crippen LogP contribution in [0.2, 0.25) is 0 Å². The molecule has 2 aromatic carbocycles. The monoisotopic (exact) mass is 460 g/mol. The molecule has 0 spiro atoms. The number of rotatable bonds is 7. The van der Waals surface area contributed by atoms with Gasteiger partial charge in [-0.1, -0.05) is 23.8 Å². The van der Waals surface area contributed by atoms with Crippen molar-refractivity contribution in [1.29, 1.82) is 0 Å². The van der Waals surface area contributed by atoms with Crippen LogP contribution in [0.4, 0.5) is 11.5 Å². The molecule has 3 aromatic rings. The number of hydrogen-bond donors (Lipinski definition) is 1. The van der Waals surface area contributed by atoms with E-state index in [2.05, 4.69) is 15.3 Å². The van der Waals surface area contributed by atoms with E-state index in [-0.39, 0.29) is 11.8 Å². The smallest absolute Gasteiger partial charge is 0.338 e. The first-order chi connectivity index (χ1) is 16.5. The van der Waals surface area contributed by atoms with Crippen molar-refractivity contribution >= 4 is 23.4 Å². The van der Waals surface area contributed by atoms with E-state index in [0.29, 0.717) is 41.8 Å². The molecule has 1 amide bonds. The Hall–Kier alpha value is -3.94. The third kappa shape index (κ3) is 5.70. The van der Waals surface area contributed by atoms with Crippen molar-refractivity contribution in [1.82, 2.24) is 9.97 Å². The van der Waals surface area contributed by atoms with Gasteiger partial charge in [0.2, 0.25) is 5.91 Å². The van der Waals surface area contributed by atoms with Gasteiger partial charge in [0.25, 0.3) is 5.88 Å². The van der Waals surface area contributed by atoms with E-state index in [1.54, 1.807) is 43.6 Å². The maximum Gasteiger partial charge on any atom is 0.338 e. The second-order valence-electron chi connectivity index (χ2n) is 8.18. The highest BCUT2D eigenvalue weighted by Gasteiger charge is 2.29. The van der Waals surface area contributed by atoms with E-state index in [0.717, 1.165) is 24.9 Å². The minimum Gasteiger partial charge on any atom is -0.462 e. The van der Waals surface area contributed by atoms with E-state index < -0.39 is 5.97 Å². The van der Waals surface area contributed by atoms with Gasteiger partial charge in [0.15, 0.2) is 5.82 Å². The number of esters is 1. The van der Waals surface area contributed by atoms with Crippen molar-refractivity contribution < 1.29 is 19.1 Å². The zero-order valence-electron chi connectivity index (χ0n) is 19.4. The van der Waals surface area contributed by atoms with Crippen LogP contribution in [0.15, 0.2) is 60.9 Å². The van der Waals surface area contributed by atoms with Crippen LogP contribution in [-0.4, -0.2) is 41.5 Å². The van der Waals surface area contributed by atoms with Crippen molar-refractivity contribution in [2.24, 2.45) is 5.92 Å². The van der Waals surface area contributed by atoms with E-state index in [1.807, 2.05) is 36.1 Å². The van der Waals surface area contributed by atoms with Gasteiger partial charge in [-0.3, -0.25) is 4.79 Å². The van der Waals surface area contributed by atoms with Gasteiger partial charge in [-0.25, -0.2) is 14.8 Å². The summed E-state index contributed by atoms with van der Waals surface area (Å²) in [6, 6.07) is 14.5. The Labute approximate surface area is 198 Å². The van der Waals surface area contributed by atoms with Gasteiger partial charge < -0.3 is 19.7 Å². The second kappa shape index (κ2) is 10.8. The number of carbonyl (C=O) groups excluding carboxylic acids is 2. The number of nitrogens with one attached hydrogen (secondary N) is 1. The number of anilines is 2. The minimum absolute atomic E-state index is 0.101. The third-order valence-electron chi connectivity index (χ3n) is 5.62. The normalized spacial score (nSPS) is 15.5. The largest absolute Gasteiger partial charge is 0.462 e. The topological polar surface area (TPSA) is 93.7 Å². The number of hydrogen-bond acceptors (Lipinski definition) is 7. The Balaban J connectivity index is 1.45. The van der Waals surface area contributed by atoms with Crippen LogP contribution < -0.4 is 15.0 Å². The number of ether oxygens (including phenoxy) is 2. The van der Waals surface area contributed by atoms with Crippen LogP contribution in [0.5, 0.6) is 11.6 Å². The minimum atomic E-state index is -0.411. The molecule has 1 fully saturated rings. The van der Waals surface area contributed by atoms with Crippen LogP contribution in [0, 0.1) is 12.8 Å². The summed E-state index contributed by atoms with van der Waals surface area (Å²) < 4.78 is 11.0. The fourth-order valence-corrected chi connectivity index (χ4v) is 3.89. The molecule has 8 nitrogen and oxygen atoms in total. The van der Waals surface area contributed by atoms with Crippen LogP contribution in [-0.2, 0) is 9.53 Å². The van der Waals surface area contributed by atoms with E-state index in [9.17, 15) is 9.59 Å². The first kappa shape index (κ1) is 23.2. The van der Waals surface area contributed by atoms with Gasteiger partial charge in [0, 0.05) is 31.2 Å². The molecule has 2 heterocycles. The zero-order valence-corrected chi connectivity index (χ0v) is 19.4. The fraction of sp³-hybridized carbons (Fsp3) is 0.308. The quantitative estimate of drug-likeness (QED) is 0.515. The molecule has 0 saturated carbocycles. The van der Waals surface area contributed by atoms with Gasteiger partial charge in [0.05, 0.1) is 18.1 Å². The lowest BCUT2D eigenvalue weighted by Gasteiger charge is -2.33. The standard InChI is InChI=1S/C26H28N4O4/c1-3-33-26(32)19-6-4-8-21(16-19)29-24(31)20-7-5-15-30(17-20)23-25(28-14-13-27-23)34-22-11-9-18(2)10-12-22/h4,6,8-14,16,20H,3,5,7,15,17H2,1-2H3,(H,29,31)/t20-/m1/s1. The van der Waals surface area contributed by atoms with Crippen molar-refractivity contribution in [3.63, 3.8) is 0 Å². The Bertz CT molecular complexity index is 1150. The van der Waals surface area contributed by atoms with Crippen LogP contribution in [0.1, 0.15) is 35.7 Å². The summed E-state index contributed by atoms with van der Waals surface area (Å²) in [5.74, 6) is 0.954. The zero-order chi connectivity index (χ0) is 23.9. The molecule has 0 radical (unpaired) electrons. The highest BCUT2D eigenvalue weighted by Crippen LogP contribution is 2.31. The molecule has 1 aliphatic rings. The predicted molar refractivity (Wildman–Crippen MR) is 129 cm³/mol. The SMILES string of the molecule is CCOC(=O)c1cccc(NC(=O)[C@@H]2CCCN(c3nccnc3Oc3ccc(C)cc3)C2)c1. The highest BCUT2D eigenvalue weighted by molar-refractivity contribution is 5.95. The van der Waals surface area contributed by atoms with Gasteiger partial charge in [-0.05, 0) is 57.0 Å². The lowest BCUT2D eigenvalue weighted by atomic mass is 9.97. The number of carbonyl (C=O) groups is 2. The Kier molecular flexibility index (Phi) is 7.37. The molecule has 1 aliphatic heterocycles. The molecule has 4 rings (SSSR count). The Morgan fingerprint density at radius 1 is 1.12 bits per heavy atom. The molecule has 8 heteroatoms. The summed E-state index contributed by atoms with van der Waals surface area (Å²) in [6.07, 6.45) is 4.81. The van der Waals surface area contributed by atoms with E-state index in [4.69, 9.17) is 9.47 Å². The van der Waals surface area contributed by atoms with Gasteiger partial charge in [-0.15, -0.1) is 0 Å². The predicted octanol–water partition coefficient (Wildman–Crippen LogP) is 4.61. The Morgan fingerprint density at radius 3 is 2.71 bits per heavy atom. The Morgan fingerprint density at radius 2 is 1.91 bits per heavy atom. The summed E-state index contributed by atoms with van der Waals surface area (Å²) in [4.78, 5) is 36.0.